The molecular formula is C32H29N3O8. The number of carbonyl (C=O) groups excluding carboxylic acids is 2. The van der Waals surface area contributed by atoms with Gasteiger partial charge in [-0.05, 0) is 36.6 Å². The Labute approximate surface area is 246 Å². The van der Waals surface area contributed by atoms with Gasteiger partial charge in [0.15, 0.2) is 17.1 Å². The monoisotopic (exact) mass is 583 g/mol. The highest BCUT2D eigenvalue weighted by Gasteiger charge is 2.45. The van der Waals surface area contributed by atoms with Gasteiger partial charge in [0.2, 0.25) is 0 Å². The van der Waals surface area contributed by atoms with Crippen molar-refractivity contribution >= 4 is 23.0 Å². The zero-order chi connectivity index (χ0) is 29.9. The van der Waals surface area contributed by atoms with E-state index in [2.05, 4.69) is 5.32 Å². The minimum absolute atomic E-state index is 0.0422. The van der Waals surface area contributed by atoms with Crippen LogP contribution >= 0.6 is 0 Å². The standard InChI is InChI=1S/C32H29N3O8/c1-3-32(39)22-12-24-28-20(14-35(24)29(36)21(22)16-42-30(32)37)27(17(2)33-31(38)43-15-18-7-5-4-6-8-18)19-11-25-26(13-23(19)34-28)41-10-9-40-25/h4-8,11-13,17,39H,3,9-10,14-16H2,1-2H3,(H,33,38)/t17-,32-/m0/s1. The second kappa shape index (κ2) is 10.1. The molecule has 11 heteroatoms. The van der Waals surface area contributed by atoms with Crippen molar-refractivity contribution < 1.29 is 33.6 Å². The summed E-state index contributed by atoms with van der Waals surface area (Å²) in [7, 11) is 0. The lowest BCUT2D eigenvalue weighted by Gasteiger charge is -2.31. The van der Waals surface area contributed by atoms with E-state index in [1.165, 1.54) is 0 Å². The quantitative estimate of drug-likeness (QED) is 0.296. The molecule has 0 fully saturated rings. The van der Waals surface area contributed by atoms with E-state index in [1.54, 1.807) is 23.6 Å². The number of carbonyl (C=O) groups is 2. The summed E-state index contributed by atoms with van der Waals surface area (Å²) in [4.78, 5) is 44.2. The van der Waals surface area contributed by atoms with Gasteiger partial charge >= 0.3 is 12.1 Å². The van der Waals surface area contributed by atoms with E-state index in [0.717, 1.165) is 22.1 Å². The molecule has 11 nitrogen and oxygen atoms in total. The number of hydrogen-bond donors (Lipinski definition) is 2. The predicted molar refractivity (Wildman–Crippen MR) is 154 cm³/mol. The summed E-state index contributed by atoms with van der Waals surface area (Å²) in [5, 5.41) is 14.9. The highest BCUT2D eigenvalue weighted by Crippen LogP contribution is 2.44. The van der Waals surface area contributed by atoms with Crippen molar-refractivity contribution in [2.45, 2.75) is 51.7 Å². The molecule has 2 aromatic heterocycles. The van der Waals surface area contributed by atoms with Gasteiger partial charge in [0, 0.05) is 22.6 Å². The number of nitrogens with zero attached hydrogens (tertiary/aromatic N) is 2. The number of benzene rings is 2. The number of esters is 1. The number of fused-ring (bicyclic) bond motifs is 6. The molecule has 2 N–H and O–H groups in total. The number of amides is 1. The Bertz CT molecular complexity index is 1870. The van der Waals surface area contributed by atoms with Gasteiger partial charge in [-0.15, -0.1) is 0 Å². The average Bonchev–Trinajstić information content (AvgIpc) is 3.38. The van der Waals surface area contributed by atoms with E-state index in [0.29, 0.717) is 41.6 Å². The second-order valence-electron chi connectivity index (χ2n) is 10.9. The number of rotatable bonds is 5. The maximum Gasteiger partial charge on any atom is 0.407 e. The van der Waals surface area contributed by atoms with Crippen LogP contribution in [0.3, 0.4) is 0 Å². The number of ether oxygens (including phenoxy) is 4. The molecule has 0 radical (unpaired) electrons. The number of alkyl carbamates (subject to hydrolysis) is 1. The van der Waals surface area contributed by atoms with Crippen molar-refractivity contribution in [3.63, 3.8) is 0 Å². The highest BCUT2D eigenvalue weighted by molar-refractivity contribution is 5.92. The van der Waals surface area contributed by atoms with E-state index < -0.39 is 23.7 Å². The van der Waals surface area contributed by atoms with Crippen molar-refractivity contribution in [1.29, 1.82) is 0 Å². The zero-order valence-electron chi connectivity index (χ0n) is 23.6. The van der Waals surface area contributed by atoms with E-state index in [1.807, 2.05) is 43.3 Å². The molecule has 1 amide bonds. The van der Waals surface area contributed by atoms with Crippen molar-refractivity contribution in [2.75, 3.05) is 13.2 Å². The Kier molecular flexibility index (Phi) is 6.35. The molecule has 3 aliphatic heterocycles. The molecular weight excluding hydrogens is 554 g/mol. The Morgan fingerprint density at radius 3 is 2.58 bits per heavy atom. The predicted octanol–water partition coefficient (Wildman–Crippen LogP) is 3.84. The Morgan fingerprint density at radius 2 is 1.84 bits per heavy atom. The van der Waals surface area contributed by atoms with Gasteiger partial charge in [0.25, 0.3) is 5.56 Å². The summed E-state index contributed by atoms with van der Waals surface area (Å²) >= 11 is 0. The summed E-state index contributed by atoms with van der Waals surface area (Å²) < 4.78 is 23.9. The van der Waals surface area contributed by atoms with Crippen LogP contribution in [0.5, 0.6) is 11.5 Å². The van der Waals surface area contributed by atoms with Crippen LogP contribution < -0.4 is 20.3 Å². The molecule has 3 aliphatic rings. The lowest BCUT2D eigenvalue weighted by Crippen LogP contribution is -2.44. The van der Waals surface area contributed by atoms with Crippen molar-refractivity contribution in [3.05, 3.63) is 86.7 Å². The lowest BCUT2D eigenvalue weighted by atomic mass is 9.86. The minimum Gasteiger partial charge on any atom is -0.486 e. The first-order chi connectivity index (χ1) is 20.8. The molecule has 43 heavy (non-hydrogen) atoms. The fourth-order valence-electron chi connectivity index (χ4n) is 6.16. The molecule has 0 unspecified atom stereocenters. The molecule has 2 atom stereocenters. The van der Waals surface area contributed by atoms with Gasteiger partial charge in [0.1, 0.15) is 26.4 Å². The van der Waals surface area contributed by atoms with Gasteiger partial charge in [-0.1, -0.05) is 37.3 Å². The van der Waals surface area contributed by atoms with Gasteiger partial charge < -0.3 is 33.9 Å². The van der Waals surface area contributed by atoms with Crippen LogP contribution in [-0.2, 0) is 39.6 Å². The highest BCUT2D eigenvalue weighted by atomic mass is 16.6. The maximum absolute atomic E-state index is 13.8. The number of hydrogen-bond acceptors (Lipinski definition) is 9. The molecule has 0 aliphatic carbocycles. The van der Waals surface area contributed by atoms with E-state index in [4.69, 9.17) is 23.9 Å². The molecule has 5 heterocycles. The van der Waals surface area contributed by atoms with Gasteiger partial charge in [-0.3, -0.25) is 4.79 Å². The van der Waals surface area contributed by atoms with E-state index >= 15 is 0 Å². The number of aliphatic hydroxyl groups is 1. The first-order valence-corrected chi connectivity index (χ1v) is 14.2. The summed E-state index contributed by atoms with van der Waals surface area (Å²) in [6, 6.07) is 14.1. The minimum atomic E-state index is -1.94. The summed E-state index contributed by atoms with van der Waals surface area (Å²) in [6.07, 6.45) is -0.556. The van der Waals surface area contributed by atoms with Crippen LogP contribution in [0, 0.1) is 0 Å². The number of nitrogens with one attached hydrogen (secondary N) is 1. The first kappa shape index (κ1) is 27.0. The summed E-state index contributed by atoms with van der Waals surface area (Å²) in [6.45, 7) is 4.37. The van der Waals surface area contributed by atoms with Gasteiger partial charge in [-0.2, -0.15) is 0 Å². The molecule has 2 aromatic carbocycles. The van der Waals surface area contributed by atoms with Crippen molar-refractivity contribution in [1.82, 2.24) is 14.9 Å². The number of pyridine rings is 2. The first-order valence-electron chi connectivity index (χ1n) is 14.2. The van der Waals surface area contributed by atoms with Gasteiger partial charge in [-0.25, -0.2) is 14.6 Å². The van der Waals surface area contributed by atoms with Crippen LogP contribution in [0.25, 0.3) is 22.3 Å². The van der Waals surface area contributed by atoms with Crippen LogP contribution in [0.4, 0.5) is 4.79 Å². The SMILES string of the molecule is CC[C@@]1(O)C(=O)OCc2c1cc1n(c2=O)Cc2c-1nc1cc3c(cc1c2[C@H](C)NC(=O)OCc1ccccc1)OCCO3. The topological polar surface area (TPSA) is 138 Å². The molecule has 7 rings (SSSR count). The van der Waals surface area contributed by atoms with Crippen LogP contribution in [0.1, 0.15) is 54.1 Å². The molecule has 0 spiro atoms. The summed E-state index contributed by atoms with van der Waals surface area (Å²) in [5.74, 6) is 0.323. The van der Waals surface area contributed by atoms with E-state index in [9.17, 15) is 19.5 Å². The number of aromatic nitrogens is 2. The third kappa shape index (κ3) is 4.30. The third-order valence-electron chi connectivity index (χ3n) is 8.38. The number of cyclic esters (lactones) is 1. The van der Waals surface area contributed by atoms with Gasteiger partial charge in [0.05, 0.1) is 35.1 Å². The summed E-state index contributed by atoms with van der Waals surface area (Å²) in [5.41, 5.74) is 2.06. The molecule has 0 bridgehead atoms. The van der Waals surface area contributed by atoms with Crippen molar-refractivity contribution in [3.8, 4) is 22.9 Å². The molecule has 4 aromatic rings. The van der Waals surface area contributed by atoms with Crippen molar-refractivity contribution in [2.24, 2.45) is 0 Å². The maximum atomic E-state index is 13.8. The Morgan fingerprint density at radius 1 is 1.09 bits per heavy atom. The fourth-order valence-corrected chi connectivity index (χ4v) is 6.16. The Balaban J connectivity index is 1.35. The van der Waals surface area contributed by atoms with E-state index in [-0.39, 0.29) is 42.9 Å². The fraction of sp³-hybridized carbons (Fsp3) is 0.312. The normalized spacial score (nSPS) is 18.7. The average molecular weight is 584 g/mol. The smallest absolute Gasteiger partial charge is 0.407 e. The van der Waals surface area contributed by atoms with Crippen LogP contribution in [0.2, 0.25) is 0 Å². The third-order valence-corrected chi connectivity index (χ3v) is 8.38. The second-order valence-corrected chi connectivity index (χ2v) is 10.9. The van der Waals surface area contributed by atoms with Crippen LogP contribution in [-0.4, -0.2) is 39.9 Å². The van der Waals surface area contributed by atoms with Crippen LogP contribution in [0.15, 0.2) is 53.3 Å². The largest absolute Gasteiger partial charge is 0.486 e. The molecule has 0 saturated heterocycles. The lowest BCUT2D eigenvalue weighted by molar-refractivity contribution is -0.172. The zero-order valence-corrected chi connectivity index (χ0v) is 23.6. The molecule has 220 valence electrons. The molecule has 0 saturated carbocycles. The Hall–Kier alpha value is -4.90.